The van der Waals surface area contributed by atoms with E-state index < -0.39 is 0 Å². The van der Waals surface area contributed by atoms with Gasteiger partial charge < -0.3 is 4.74 Å². The second-order valence-electron chi connectivity index (χ2n) is 9.30. The van der Waals surface area contributed by atoms with Crippen LogP contribution in [0, 0.1) is 0 Å². The molecule has 1 heteroatoms. The molecule has 0 radical (unpaired) electrons. The van der Waals surface area contributed by atoms with E-state index >= 15 is 0 Å². The van der Waals surface area contributed by atoms with Crippen LogP contribution in [0.2, 0.25) is 0 Å². The minimum absolute atomic E-state index is 0.918. The third-order valence-electron chi connectivity index (χ3n) is 7.42. The van der Waals surface area contributed by atoms with E-state index in [0.29, 0.717) is 0 Å². The largest absolute Gasteiger partial charge is 0.456 e. The number of benzene rings is 7. The minimum atomic E-state index is 0.918. The molecule has 162 valence electrons. The summed E-state index contributed by atoms with van der Waals surface area (Å²) in [4.78, 5) is 0. The molecule has 35 heavy (non-hydrogen) atoms. The third kappa shape index (κ3) is 2.58. The fourth-order valence-electron chi connectivity index (χ4n) is 5.92. The van der Waals surface area contributed by atoms with Gasteiger partial charge >= 0.3 is 0 Å². The van der Waals surface area contributed by atoms with Crippen LogP contribution < -0.4 is 4.74 Å². The molecule has 1 nitrogen and oxygen atoms in total. The van der Waals surface area contributed by atoms with Crippen molar-refractivity contribution in [2.45, 2.75) is 0 Å². The molecule has 0 bridgehead atoms. The lowest BCUT2D eigenvalue weighted by atomic mass is 9.85. The van der Waals surface area contributed by atoms with E-state index in [0.717, 1.165) is 17.1 Å². The van der Waals surface area contributed by atoms with Gasteiger partial charge in [-0.15, -0.1) is 0 Å². The van der Waals surface area contributed by atoms with Gasteiger partial charge in [-0.1, -0.05) is 103 Å². The van der Waals surface area contributed by atoms with E-state index in [1.807, 2.05) is 6.07 Å². The Hall–Kier alpha value is -4.62. The van der Waals surface area contributed by atoms with Crippen LogP contribution in [-0.4, -0.2) is 0 Å². The molecule has 0 spiro atoms. The minimum Gasteiger partial charge on any atom is -0.456 e. The zero-order chi connectivity index (χ0) is 22.9. The maximum Gasteiger partial charge on any atom is 0.135 e. The second-order valence-corrected chi connectivity index (χ2v) is 9.30. The van der Waals surface area contributed by atoms with E-state index in [9.17, 15) is 0 Å². The summed E-state index contributed by atoms with van der Waals surface area (Å²) in [6.45, 7) is 0. The Kier molecular flexibility index (Phi) is 3.72. The third-order valence-corrected chi connectivity index (χ3v) is 7.42. The van der Waals surface area contributed by atoms with Crippen molar-refractivity contribution in [1.29, 1.82) is 0 Å². The molecule has 0 unspecified atom stereocenters. The van der Waals surface area contributed by atoms with E-state index in [2.05, 4.69) is 115 Å². The molecule has 0 fully saturated rings. The Morgan fingerprint density at radius 2 is 1.06 bits per heavy atom. The number of hydrogen-bond donors (Lipinski definition) is 0. The summed E-state index contributed by atoms with van der Waals surface area (Å²) in [7, 11) is 0. The molecular weight excluding hydrogens is 424 g/mol. The molecule has 1 aliphatic heterocycles. The van der Waals surface area contributed by atoms with Crippen LogP contribution in [0.5, 0.6) is 11.5 Å². The normalized spacial score (nSPS) is 12.2. The summed E-state index contributed by atoms with van der Waals surface area (Å²) in [5, 5.41) is 10.1. The highest BCUT2D eigenvalue weighted by molar-refractivity contribution is 6.25. The van der Waals surface area contributed by atoms with Gasteiger partial charge in [-0.25, -0.2) is 0 Å². The van der Waals surface area contributed by atoms with Crippen LogP contribution in [0.15, 0.2) is 121 Å². The monoisotopic (exact) mass is 444 g/mol. The molecule has 8 rings (SSSR count). The zero-order valence-corrected chi connectivity index (χ0v) is 19.0. The van der Waals surface area contributed by atoms with Crippen molar-refractivity contribution in [3.05, 3.63) is 121 Å². The molecule has 0 N–H and O–H groups in total. The van der Waals surface area contributed by atoms with Gasteiger partial charge in [0.25, 0.3) is 0 Å². The predicted octanol–water partition coefficient (Wildman–Crippen LogP) is 9.74. The van der Waals surface area contributed by atoms with Crippen LogP contribution in [0.4, 0.5) is 0 Å². The van der Waals surface area contributed by atoms with Crippen LogP contribution >= 0.6 is 0 Å². The van der Waals surface area contributed by atoms with Crippen molar-refractivity contribution in [3.8, 4) is 33.8 Å². The average Bonchev–Trinajstić information content (AvgIpc) is 2.92. The van der Waals surface area contributed by atoms with Crippen molar-refractivity contribution < 1.29 is 4.74 Å². The fourth-order valence-corrected chi connectivity index (χ4v) is 5.92. The van der Waals surface area contributed by atoms with Gasteiger partial charge in [0.1, 0.15) is 11.5 Å². The second kappa shape index (κ2) is 6.94. The Bertz CT molecular complexity index is 1980. The number of para-hydroxylation sites is 1. The quantitative estimate of drug-likeness (QED) is 0.181. The van der Waals surface area contributed by atoms with Crippen molar-refractivity contribution in [1.82, 2.24) is 0 Å². The number of ether oxygens (including phenoxy) is 1. The Morgan fingerprint density at radius 3 is 2.00 bits per heavy atom. The molecule has 0 aliphatic carbocycles. The first kappa shape index (κ1) is 18.8. The maximum absolute atomic E-state index is 6.39. The van der Waals surface area contributed by atoms with Gasteiger partial charge in [-0.05, 0) is 72.6 Å². The van der Waals surface area contributed by atoms with Crippen molar-refractivity contribution in [3.63, 3.8) is 0 Å². The SMILES string of the molecule is c1ccc2c(c1)Oc1cccc3c(-c4c5ccccc5cc5ccc6ccccc6c45)ccc-2c13. The van der Waals surface area contributed by atoms with Crippen molar-refractivity contribution in [2.75, 3.05) is 0 Å². The molecule has 7 aromatic rings. The highest BCUT2D eigenvalue weighted by atomic mass is 16.5. The molecule has 0 atom stereocenters. The first-order valence-corrected chi connectivity index (χ1v) is 12.0. The topological polar surface area (TPSA) is 9.23 Å². The Labute approximate surface area is 202 Å². The Balaban J connectivity index is 1.58. The maximum atomic E-state index is 6.39. The summed E-state index contributed by atoms with van der Waals surface area (Å²) < 4.78 is 6.39. The van der Waals surface area contributed by atoms with Crippen molar-refractivity contribution in [2.24, 2.45) is 0 Å². The summed E-state index contributed by atoms with van der Waals surface area (Å²) in [5.74, 6) is 1.84. The van der Waals surface area contributed by atoms with Crippen LogP contribution in [0.1, 0.15) is 0 Å². The lowest BCUT2D eigenvalue weighted by Crippen LogP contribution is -1.98. The Morgan fingerprint density at radius 1 is 0.371 bits per heavy atom. The number of rotatable bonds is 1. The van der Waals surface area contributed by atoms with Crippen LogP contribution in [0.3, 0.4) is 0 Å². The highest BCUT2D eigenvalue weighted by Crippen LogP contribution is 2.50. The molecule has 0 amide bonds. The van der Waals surface area contributed by atoms with Gasteiger partial charge in [-0.2, -0.15) is 0 Å². The molecule has 0 saturated heterocycles. The fraction of sp³-hybridized carbons (Fsp3) is 0. The first-order chi connectivity index (χ1) is 17.4. The highest BCUT2D eigenvalue weighted by Gasteiger charge is 2.22. The van der Waals surface area contributed by atoms with Gasteiger partial charge in [0.2, 0.25) is 0 Å². The summed E-state index contributed by atoms with van der Waals surface area (Å²) >= 11 is 0. The van der Waals surface area contributed by atoms with Gasteiger partial charge in [-0.3, -0.25) is 0 Å². The van der Waals surface area contributed by atoms with Gasteiger partial charge in [0.05, 0.1) is 0 Å². The van der Waals surface area contributed by atoms with Crippen LogP contribution in [-0.2, 0) is 0 Å². The number of fused-ring (bicyclic) bond motifs is 6. The molecule has 1 heterocycles. The number of hydrogen-bond acceptors (Lipinski definition) is 1. The van der Waals surface area contributed by atoms with Crippen LogP contribution in [0.25, 0.3) is 65.3 Å². The predicted molar refractivity (Wildman–Crippen MR) is 147 cm³/mol. The summed E-state index contributed by atoms with van der Waals surface area (Å²) in [5.41, 5.74) is 4.91. The molecule has 7 aromatic carbocycles. The van der Waals surface area contributed by atoms with Gasteiger partial charge in [0.15, 0.2) is 0 Å². The first-order valence-electron chi connectivity index (χ1n) is 12.0. The lowest BCUT2D eigenvalue weighted by molar-refractivity contribution is 0.487. The standard InChI is InChI=1S/C34H20O/c1-3-10-24-21(8-1)16-17-23-20-22-9-2-4-11-25(22)34(32(23)24)29-19-18-28-26-12-5-6-14-30(26)35-31-15-7-13-27(29)33(28)31/h1-20H. The average molecular weight is 445 g/mol. The van der Waals surface area contributed by atoms with E-state index in [-0.39, 0.29) is 0 Å². The summed E-state index contributed by atoms with van der Waals surface area (Å²) in [6.07, 6.45) is 0. The molecular formula is C34H20O. The van der Waals surface area contributed by atoms with E-state index in [1.54, 1.807) is 0 Å². The van der Waals surface area contributed by atoms with Crippen molar-refractivity contribution >= 4 is 43.1 Å². The molecule has 1 aliphatic rings. The smallest absolute Gasteiger partial charge is 0.135 e. The lowest BCUT2D eigenvalue weighted by Gasteiger charge is -2.23. The zero-order valence-electron chi connectivity index (χ0n) is 19.0. The van der Waals surface area contributed by atoms with Gasteiger partial charge in [0, 0.05) is 10.9 Å². The molecule has 0 aromatic heterocycles. The van der Waals surface area contributed by atoms with E-state index in [4.69, 9.17) is 4.74 Å². The molecule has 0 saturated carbocycles. The summed E-state index contributed by atoms with van der Waals surface area (Å²) in [6, 6.07) is 43.6. The van der Waals surface area contributed by atoms with E-state index in [1.165, 1.54) is 59.8 Å².